The summed E-state index contributed by atoms with van der Waals surface area (Å²) in [6.07, 6.45) is 0.724. The first-order chi connectivity index (χ1) is 15.8. The number of Topliss-reactive ketones (excluding diaryl/α,β-unsaturated/α-hetero) is 1. The fourth-order valence-electron chi connectivity index (χ4n) is 4.29. The monoisotopic (exact) mass is 451 g/mol. The van der Waals surface area contributed by atoms with Crippen molar-refractivity contribution in [1.82, 2.24) is 4.90 Å². The van der Waals surface area contributed by atoms with Crippen LogP contribution < -0.4 is 4.74 Å². The van der Waals surface area contributed by atoms with E-state index in [1.54, 1.807) is 42.5 Å². The summed E-state index contributed by atoms with van der Waals surface area (Å²) in [5, 5.41) is 11.2. The van der Waals surface area contributed by atoms with Crippen LogP contribution in [0.3, 0.4) is 0 Å². The van der Waals surface area contributed by atoms with Gasteiger partial charge in [-0.05, 0) is 48.4 Å². The first-order valence-electron chi connectivity index (χ1n) is 10.6. The number of amides is 1. The topological polar surface area (TPSA) is 102 Å². The molecule has 0 radical (unpaired) electrons. The minimum atomic E-state index is -0.824. The third-order valence-corrected chi connectivity index (χ3v) is 5.89. The molecule has 4 rings (SSSR count). The molecule has 2 aromatic carbocycles. The van der Waals surface area contributed by atoms with Crippen LogP contribution in [-0.4, -0.2) is 61.1 Å². The average molecular weight is 451 g/mol. The van der Waals surface area contributed by atoms with Crippen molar-refractivity contribution in [2.45, 2.75) is 25.5 Å². The van der Waals surface area contributed by atoms with Gasteiger partial charge in [0.1, 0.15) is 17.6 Å². The van der Waals surface area contributed by atoms with Crippen molar-refractivity contribution in [1.29, 1.82) is 0 Å². The van der Waals surface area contributed by atoms with Gasteiger partial charge in [-0.3, -0.25) is 9.59 Å². The van der Waals surface area contributed by atoms with Gasteiger partial charge < -0.3 is 24.2 Å². The normalized spacial score (nSPS) is 21.1. The van der Waals surface area contributed by atoms with Gasteiger partial charge >= 0.3 is 5.97 Å². The van der Waals surface area contributed by atoms with E-state index >= 15 is 0 Å². The van der Waals surface area contributed by atoms with Crippen molar-refractivity contribution >= 4 is 23.4 Å². The molecule has 172 valence electrons. The zero-order chi connectivity index (χ0) is 23.7. The number of carbonyl (C=O) groups excluding carboxylic acids is 3. The molecule has 2 aromatic rings. The molecule has 2 aliphatic rings. The molecule has 1 saturated heterocycles. The molecule has 0 spiro atoms. The molecule has 1 amide bonds. The van der Waals surface area contributed by atoms with Gasteiger partial charge in [-0.15, -0.1) is 0 Å². The van der Waals surface area contributed by atoms with Gasteiger partial charge in [0.05, 0.1) is 30.9 Å². The predicted octanol–water partition coefficient (Wildman–Crippen LogP) is 2.86. The van der Waals surface area contributed by atoms with Crippen LogP contribution in [0.15, 0.2) is 48.0 Å². The van der Waals surface area contributed by atoms with E-state index in [1.165, 1.54) is 19.1 Å². The number of aliphatic hydroxyl groups is 1. The van der Waals surface area contributed by atoms with Crippen molar-refractivity contribution in [2.75, 3.05) is 27.4 Å². The Hall–Kier alpha value is -3.65. The summed E-state index contributed by atoms with van der Waals surface area (Å²) in [4.78, 5) is 39.1. The summed E-state index contributed by atoms with van der Waals surface area (Å²) >= 11 is 0. The van der Waals surface area contributed by atoms with Gasteiger partial charge in [-0.2, -0.15) is 0 Å². The largest absolute Gasteiger partial charge is 0.507 e. The highest BCUT2D eigenvalue weighted by molar-refractivity contribution is 6.46. The second-order valence-corrected chi connectivity index (χ2v) is 8.05. The van der Waals surface area contributed by atoms with Gasteiger partial charge in [-0.25, -0.2) is 4.79 Å². The third kappa shape index (κ3) is 4.09. The summed E-state index contributed by atoms with van der Waals surface area (Å²) in [7, 11) is 2.79. The molecule has 2 atom stereocenters. The van der Waals surface area contributed by atoms with Crippen LogP contribution >= 0.6 is 0 Å². The number of carbonyl (C=O) groups is 3. The number of likely N-dealkylation sites (tertiary alicyclic amines) is 1. The summed E-state index contributed by atoms with van der Waals surface area (Å²) in [6, 6.07) is 10.8. The molecule has 1 N–H and O–H groups in total. The van der Waals surface area contributed by atoms with Crippen molar-refractivity contribution < 1.29 is 33.7 Å². The maximum Gasteiger partial charge on any atom is 0.337 e. The lowest BCUT2D eigenvalue weighted by atomic mass is 9.94. The van der Waals surface area contributed by atoms with E-state index in [4.69, 9.17) is 14.2 Å². The molecule has 8 nitrogen and oxygen atoms in total. The lowest BCUT2D eigenvalue weighted by Gasteiger charge is -2.25. The number of methoxy groups -OCH3 is 2. The van der Waals surface area contributed by atoms with Crippen LogP contribution in [-0.2, 0) is 25.5 Å². The van der Waals surface area contributed by atoms with E-state index in [1.807, 2.05) is 6.92 Å². The molecule has 8 heteroatoms. The molecule has 1 fully saturated rings. The molecule has 2 heterocycles. The van der Waals surface area contributed by atoms with Gasteiger partial charge in [0.2, 0.25) is 0 Å². The van der Waals surface area contributed by atoms with E-state index in [0.29, 0.717) is 23.1 Å². The first kappa shape index (κ1) is 22.5. The number of fused-ring (bicyclic) bond motifs is 1. The highest BCUT2D eigenvalue weighted by atomic mass is 16.5. The fourth-order valence-corrected chi connectivity index (χ4v) is 4.29. The molecule has 0 aliphatic carbocycles. The Balaban J connectivity index is 1.80. The molecule has 0 saturated carbocycles. The molecular weight excluding hydrogens is 426 g/mol. The van der Waals surface area contributed by atoms with E-state index in [0.717, 1.165) is 11.3 Å². The van der Waals surface area contributed by atoms with Crippen LogP contribution in [0, 0.1) is 0 Å². The Kier molecular flexibility index (Phi) is 6.20. The maximum absolute atomic E-state index is 13.0. The Morgan fingerprint density at radius 2 is 1.82 bits per heavy atom. The number of hydrogen-bond donors (Lipinski definition) is 1. The van der Waals surface area contributed by atoms with E-state index in [-0.39, 0.29) is 30.6 Å². The zero-order valence-electron chi connectivity index (χ0n) is 18.7. The quantitative estimate of drug-likeness (QED) is 0.312. The van der Waals surface area contributed by atoms with E-state index < -0.39 is 23.7 Å². The van der Waals surface area contributed by atoms with Crippen LogP contribution in [0.4, 0.5) is 0 Å². The summed E-state index contributed by atoms with van der Waals surface area (Å²) in [6.45, 7) is 2.34. The second kappa shape index (κ2) is 9.07. The Morgan fingerprint density at radius 1 is 1.12 bits per heavy atom. The lowest BCUT2D eigenvalue weighted by molar-refractivity contribution is -0.140. The highest BCUT2D eigenvalue weighted by Crippen LogP contribution is 2.40. The summed E-state index contributed by atoms with van der Waals surface area (Å²) in [5.74, 6) is -1.48. The number of benzene rings is 2. The molecular formula is C25H25NO7. The number of nitrogens with zero attached hydrogens (tertiary/aromatic N) is 1. The van der Waals surface area contributed by atoms with Gasteiger partial charge in [0.15, 0.2) is 0 Å². The fraction of sp³-hybridized carbons (Fsp3) is 0.320. The number of ether oxygens (including phenoxy) is 3. The Labute approximate surface area is 191 Å². The van der Waals surface area contributed by atoms with Gasteiger partial charge in [0, 0.05) is 25.6 Å². The van der Waals surface area contributed by atoms with Gasteiger partial charge in [0.25, 0.3) is 11.7 Å². The summed E-state index contributed by atoms with van der Waals surface area (Å²) < 4.78 is 15.6. The minimum absolute atomic E-state index is 0.00571. The van der Waals surface area contributed by atoms with Crippen molar-refractivity contribution in [2.24, 2.45) is 0 Å². The molecule has 33 heavy (non-hydrogen) atoms. The number of esters is 1. The maximum atomic E-state index is 13.0. The molecule has 2 aliphatic heterocycles. The average Bonchev–Trinajstić information content (AvgIpc) is 3.32. The first-order valence-corrected chi connectivity index (χ1v) is 10.6. The van der Waals surface area contributed by atoms with E-state index in [9.17, 15) is 19.5 Å². The van der Waals surface area contributed by atoms with Crippen molar-refractivity contribution in [3.05, 3.63) is 70.3 Å². The highest BCUT2D eigenvalue weighted by Gasteiger charge is 2.46. The Bertz CT molecular complexity index is 1140. The minimum Gasteiger partial charge on any atom is -0.507 e. The lowest BCUT2D eigenvalue weighted by Crippen LogP contribution is -2.32. The summed E-state index contributed by atoms with van der Waals surface area (Å²) in [5.41, 5.74) is 2.28. The van der Waals surface area contributed by atoms with Crippen LogP contribution in [0.2, 0.25) is 0 Å². The standard InChI is InChI=1S/C25H25NO7/c1-14-12-18-13-17(8-9-19(18)33-14)22(27)20-21(26(10-11-31-2)24(29)23(20)28)15-4-6-16(7-5-15)25(30)32-3/h4-9,13-14,21,27H,10-12H2,1-3H3/b22-20+. The second-order valence-electron chi connectivity index (χ2n) is 8.05. The van der Waals surface area contributed by atoms with Gasteiger partial charge in [-0.1, -0.05) is 12.1 Å². The van der Waals surface area contributed by atoms with Crippen molar-refractivity contribution in [3.8, 4) is 5.75 Å². The number of ketones is 1. The SMILES string of the molecule is COCCN1C(=O)C(=O)/C(=C(/O)c2ccc3c(c2)CC(C)O3)C1c1ccc(C(=O)OC)cc1. The number of aliphatic hydroxyl groups excluding tert-OH is 1. The van der Waals surface area contributed by atoms with Crippen molar-refractivity contribution in [3.63, 3.8) is 0 Å². The third-order valence-electron chi connectivity index (χ3n) is 5.89. The molecule has 2 unspecified atom stereocenters. The molecule has 0 aromatic heterocycles. The Morgan fingerprint density at radius 3 is 2.48 bits per heavy atom. The number of rotatable bonds is 6. The van der Waals surface area contributed by atoms with Crippen LogP contribution in [0.5, 0.6) is 5.75 Å². The zero-order valence-corrected chi connectivity index (χ0v) is 18.7. The molecule has 0 bridgehead atoms. The van der Waals surface area contributed by atoms with Crippen LogP contribution in [0.1, 0.15) is 40.0 Å². The predicted molar refractivity (Wildman–Crippen MR) is 119 cm³/mol. The smallest absolute Gasteiger partial charge is 0.337 e. The van der Waals surface area contributed by atoms with Crippen LogP contribution in [0.25, 0.3) is 5.76 Å². The number of hydrogen-bond acceptors (Lipinski definition) is 7. The van der Waals surface area contributed by atoms with E-state index in [2.05, 4.69) is 0 Å².